The molecule has 8 heteroatoms. The van der Waals surface area contributed by atoms with Crippen LogP contribution in [0.3, 0.4) is 0 Å². The largest absolute Gasteiger partial charge is 0.348 e. The second-order valence-corrected chi connectivity index (χ2v) is 7.87. The molecule has 0 spiro atoms. The molecule has 2 N–H and O–H groups in total. The minimum absolute atomic E-state index is 0.173. The predicted molar refractivity (Wildman–Crippen MR) is 94.3 cm³/mol. The highest BCUT2D eigenvalue weighted by Crippen LogP contribution is 2.26. The van der Waals surface area contributed by atoms with E-state index in [2.05, 4.69) is 10.6 Å². The lowest BCUT2D eigenvalue weighted by Crippen LogP contribution is -2.46. The van der Waals surface area contributed by atoms with E-state index >= 15 is 0 Å². The van der Waals surface area contributed by atoms with Crippen molar-refractivity contribution in [3.63, 3.8) is 0 Å². The second-order valence-electron chi connectivity index (χ2n) is 5.98. The Bertz CT molecular complexity index is 691. The van der Waals surface area contributed by atoms with Crippen molar-refractivity contribution in [2.24, 2.45) is 0 Å². The number of carbonyl (C=O) groups excluding carboxylic acids is 2. The average Bonchev–Trinajstić information content (AvgIpc) is 2.63. The number of nitrogens with zero attached hydrogens (tertiary/aromatic N) is 1. The van der Waals surface area contributed by atoms with Crippen molar-refractivity contribution in [1.29, 1.82) is 0 Å². The quantitative estimate of drug-likeness (QED) is 0.730. The fourth-order valence-corrected chi connectivity index (χ4v) is 4.72. The number of nitrogens with one attached hydrogen (secondary N) is 2. The zero-order valence-corrected chi connectivity index (χ0v) is 15.2. The Labute approximate surface area is 148 Å². The molecule has 1 aliphatic heterocycles. The molecule has 1 saturated heterocycles. The van der Waals surface area contributed by atoms with E-state index in [-0.39, 0.29) is 17.5 Å². The molecule has 25 heavy (non-hydrogen) atoms. The van der Waals surface area contributed by atoms with E-state index in [1.165, 1.54) is 4.31 Å². The molecule has 1 aromatic carbocycles. The van der Waals surface area contributed by atoms with Crippen molar-refractivity contribution in [2.75, 3.05) is 19.6 Å². The Kier molecular flexibility index (Phi) is 6.95. The van der Waals surface area contributed by atoms with Crippen molar-refractivity contribution >= 4 is 21.8 Å². The summed E-state index contributed by atoms with van der Waals surface area (Å²) in [5.41, 5.74) is 0. The number of hydrogen-bond donors (Lipinski definition) is 2. The third-order valence-corrected chi connectivity index (χ3v) is 6.20. The smallest absolute Gasteiger partial charge is 0.309 e. The van der Waals surface area contributed by atoms with Gasteiger partial charge in [-0.15, -0.1) is 0 Å². The van der Waals surface area contributed by atoms with E-state index in [1.54, 1.807) is 37.3 Å². The van der Waals surface area contributed by atoms with Gasteiger partial charge >= 0.3 is 11.8 Å². The van der Waals surface area contributed by atoms with Gasteiger partial charge in [-0.3, -0.25) is 9.59 Å². The Morgan fingerprint density at radius 1 is 1.12 bits per heavy atom. The number of carbonyl (C=O) groups is 2. The maximum Gasteiger partial charge on any atom is 0.309 e. The maximum atomic E-state index is 12.9. The molecule has 0 bridgehead atoms. The molecule has 2 rings (SSSR count). The highest BCUT2D eigenvalue weighted by atomic mass is 32.2. The molecule has 1 unspecified atom stereocenters. The summed E-state index contributed by atoms with van der Waals surface area (Å²) in [5.74, 6) is -1.35. The fraction of sp³-hybridized carbons (Fsp3) is 0.529. The van der Waals surface area contributed by atoms with Gasteiger partial charge < -0.3 is 10.6 Å². The van der Waals surface area contributed by atoms with Crippen LogP contribution in [0, 0.1) is 0 Å². The first-order valence-electron chi connectivity index (χ1n) is 8.59. The van der Waals surface area contributed by atoms with Gasteiger partial charge in [-0.25, -0.2) is 8.42 Å². The molecule has 1 aliphatic rings. The topological polar surface area (TPSA) is 95.6 Å². The van der Waals surface area contributed by atoms with E-state index in [9.17, 15) is 18.0 Å². The van der Waals surface area contributed by atoms with Crippen LogP contribution in [0.4, 0.5) is 0 Å². The Morgan fingerprint density at radius 3 is 2.48 bits per heavy atom. The van der Waals surface area contributed by atoms with Crippen LogP contribution in [0.25, 0.3) is 0 Å². The Morgan fingerprint density at radius 2 is 1.80 bits per heavy atom. The van der Waals surface area contributed by atoms with Crippen LogP contribution in [0.5, 0.6) is 0 Å². The summed E-state index contributed by atoms with van der Waals surface area (Å²) in [6.07, 6.45) is 3.02. The van der Waals surface area contributed by atoms with Gasteiger partial charge in [0.25, 0.3) is 0 Å². The van der Waals surface area contributed by atoms with Crippen LogP contribution in [-0.2, 0) is 19.6 Å². The number of hydrogen-bond acceptors (Lipinski definition) is 4. The first kappa shape index (κ1) is 19.4. The minimum atomic E-state index is -3.55. The van der Waals surface area contributed by atoms with Crippen LogP contribution in [0.2, 0.25) is 0 Å². The zero-order valence-electron chi connectivity index (χ0n) is 14.4. The maximum absolute atomic E-state index is 12.9. The highest BCUT2D eigenvalue weighted by molar-refractivity contribution is 7.89. The van der Waals surface area contributed by atoms with Crippen molar-refractivity contribution in [2.45, 2.75) is 43.5 Å². The second kappa shape index (κ2) is 8.96. The van der Waals surface area contributed by atoms with Gasteiger partial charge in [0.05, 0.1) is 4.90 Å². The monoisotopic (exact) mass is 367 g/mol. The summed E-state index contributed by atoms with van der Waals surface area (Å²) in [6.45, 7) is 2.87. The lowest BCUT2D eigenvalue weighted by molar-refractivity contribution is -0.139. The number of likely N-dealkylation sites (N-methyl/N-ethyl adjacent to an activating group) is 1. The molecule has 0 aliphatic carbocycles. The first-order chi connectivity index (χ1) is 12.0. The van der Waals surface area contributed by atoms with Gasteiger partial charge in [0.1, 0.15) is 0 Å². The Balaban J connectivity index is 1.99. The molecular weight excluding hydrogens is 342 g/mol. The van der Waals surface area contributed by atoms with Crippen molar-refractivity contribution in [3.8, 4) is 0 Å². The fourth-order valence-electron chi connectivity index (χ4n) is 2.98. The molecule has 2 amide bonds. The predicted octanol–water partition coefficient (Wildman–Crippen LogP) is 0.872. The molecule has 1 atom stereocenters. The van der Waals surface area contributed by atoms with E-state index in [1.807, 2.05) is 0 Å². The van der Waals surface area contributed by atoms with Crippen LogP contribution >= 0.6 is 0 Å². The normalized spacial score (nSPS) is 18.5. The lowest BCUT2D eigenvalue weighted by atomic mass is 10.0. The SMILES string of the molecule is CCNC(=O)C(=O)NCCC1CCCCN1S(=O)(=O)c1ccccc1. The third-order valence-electron chi connectivity index (χ3n) is 4.23. The summed E-state index contributed by atoms with van der Waals surface area (Å²) < 4.78 is 27.3. The molecule has 138 valence electrons. The van der Waals surface area contributed by atoms with Gasteiger partial charge in [0.15, 0.2) is 0 Å². The standard InChI is InChI=1S/C17H25N3O4S/c1-2-18-16(21)17(22)19-12-11-14-8-6-7-13-20(14)25(23,24)15-9-4-3-5-10-15/h3-5,9-10,14H,2,6-8,11-13H2,1H3,(H,18,21)(H,19,22). The summed E-state index contributed by atoms with van der Waals surface area (Å²) in [7, 11) is -3.55. The first-order valence-corrected chi connectivity index (χ1v) is 10.0. The van der Waals surface area contributed by atoms with Crippen LogP contribution in [-0.4, -0.2) is 50.2 Å². The Hall–Kier alpha value is -1.93. The molecule has 7 nitrogen and oxygen atoms in total. The highest BCUT2D eigenvalue weighted by Gasteiger charge is 2.33. The van der Waals surface area contributed by atoms with E-state index in [0.717, 1.165) is 19.3 Å². The lowest BCUT2D eigenvalue weighted by Gasteiger charge is -2.34. The van der Waals surface area contributed by atoms with Gasteiger partial charge in [0, 0.05) is 25.7 Å². The van der Waals surface area contributed by atoms with E-state index in [4.69, 9.17) is 0 Å². The van der Waals surface area contributed by atoms with Crippen molar-refractivity contribution in [1.82, 2.24) is 14.9 Å². The van der Waals surface area contributed by atoms with Gasteiger partial charge in [-0.2, -0.15) is 4.31 Å². The zero-order chi connectivity index (χ0) is 18.3. The van der Waals surface area contributed by atoms with Gasteiger partial charge in [0.2, 0.25) is 10.0 Å². The number of sulfonamides is 1. The van der Waals surface area contributed by atoms with E-state index < -0.39 is 21.8 Å². The van der Waals surface area contributed by atoms with Crippen molar-refractivity contribution in [3.05, 3.63) is 30.3 Å². The molecule has 1 heterocycles. The summed E-state index contributed by atoms with van der Waals surface area (Å²) in [5, 5.41) is 4.98. The number of benzene rings is 1. The summed E-state index contributed by atoms with van der Waals surface area (Å²) in [4.78, 5) is 23.3. The molecule has 0 aromatic heterocycles. The molecule has 0 saturated carbocycles. The average molecular weight is 367 g/mol. The van der Waals surface area contributed by atoms with Crippen LogP contribution < -0.4 is 10.6 Å². The summed E-state index contributed by atoms with van der Waals surface area (Å²) in [6, 6.07) is 8.21. The van der Waals surface area contributed by atoms with Crippen LogP contribution in [0.1, 0.15) is 32.6 Å². The summed E-state index contributed by atoms with van der Waals surface area (Å²) >= 11 is 0. The van der Waals surface area contributed by atoms with Crippen LogP contribution in [0.15, 0.2) is 35.2 Å². The van der Waals surface area contributed by atoms with E-state index in [0.29, 0.717) is 19.5 Å². The number of amides is 2. The van der Waals surface area contributed by atoms with Gasteiger partial charge in [-0.05, 0) is 38.3 Å². The molecular formula is C17H25N3O4S. The number of piperidine rings is 1. The van der Waals surface area contributed by atoms with Crippen molar-refractivity contribution < 1.29 is 18.0 Å². The minimum Gasteiger partial charge on any atom is -0.348 e. The molecule has 1 aromatic rings. The van der Waals surface area contributed by atoms with Gasteiger partial charge in [-0.1, -0.05) is 24.6 Å². The molecule has 0 radical (unpaired) electrons. The number of rotatable bonds is 6. The third kappa shape index (κ3) is 5.02. The molecule has 1 fully saturated rings.